The number of pyridine rings is 2. The van der Waals surface area contributed by atoms with E-state index in [0.29, 0.717) is 28.4 Å². The molecule has 3 aliphatic rings. The molecule has 0 saturated heterocycles. The number of amides is 1. The summed E-state index contributed by atoms with van der Waals surface area (Å²) < 4.78 is 1.86. The Kier molecular flexibility index (Phi) is 3.63. The average molecular weight is 406 g/mol. The van der Waals surface area contributed by atoms with Crippen LogP contribution in [0.3, 0.4) is 0 Å². The predicted molar refractivity (Wildman–Crippen MR) is 108 cm³/mol. The van der Waals surface area contributed by atoms with Crippen molar-refractivity contribution < 1.29 is 4.79 Å². The lowest BCUT2D eigenvalue weighted by Gasteiger charge is -2.42. The van der Waals surface area contributed by atoms with Crippen LogP contribution in [0.5, 0.6) is 0 Å². The summed E-state index contributed by atoms with van der Waals surface area (Å²) >= 11 is 6.00. The van der Waals surface area contributed by atoms with E-state index in [9.17, 15) is 4.79 Å². The van der Waals surface area contributed by atoms with Gasteiger partial charge in [0.05, 0.1) is 16.3 Å². The van der Waals surface area contributed by atoms with Gasteiger partial charge in [-0.2, -0.15) is 5.10 Å². The number of halogens is 1. The number of hydrogen-bond donors (Lipinski definition) is 1. The van der Waals surface area contributed by atoms with Crippen LogP contribution in [-0.2, 0) is 12.0 Å². The summed E-state index contributed by atoms with van der Waals surface area (Å²) in [4.78, 5) is 21.9. The molecule has 0 radical (unpaired) electrons. The fourth-order valence-corrected chi connectivity index (χ4v) is 5.04. The third-order valence-electron chi connectivity index (χ3n) is 6.70. The summed E-state index contributed by atoms with van der Waals surface area (Å²) in [5.41, 5.74) is 3.59. The van der Waals surface area contributed by atoms with Crippen LogP contribution in [0.25, 0.3) is 5.82 Å². The van der Waals surface area contributed by atoms with E-state index in [0.717, 1.165) is 42.5 Å². The quantitative estimate of drug-likeness (QED) is 0.716. The fraction of sp³-hybridized carbons (Fsp3) is 0.364. The maximum Gasteiger partial charge on any atom is 0.272 e. The molecule has 146 valence electrons. The molecule has 1 unspecified atom stereocenters. The van der Waals surface area contributed by atoms with Gasteiger partial charge < -0.3 is 5.32 Å². The molecule has 3 aromatic heterocycles. The smallest absolute Gasteiger partial charge is 0.272 e. The Morgan fingerprint density at radius 2 is 2.03 bits per heavy atom. The molecule has 2 atom stereocenters. The molecule has 3 aliphatic carbocycles. The van der Waals surface area contributed by atoms with Gasteiger partial charge in [-0.25, -0.2) is 9.67 Å². The van der Waals surface area contributed by atoms with E-state index in [1.54, 1.807) is 18.6 Å². The molecule has 0 aliphatic heterocycles. The van der Waals surface area contributed by atoms with Crippen LogP contribution in [0.4, 0.5) is 0 Å². The first-order valence-electron chi connectivity index (χ1n) is 10.1. The monoisotopic (exact) mass is 405 g/mol. The molecule has 3 aromatic rings. The zero-order chi connectivity index (χ0) is 19.6. The van der Waals surface area contributed by atoms with Gasteiger partial charge >= 0.3 is 0 Å². The van der Waals surface area contributed by atoms with Crippen molar-refractivity contribution in [2.45, 2.75) is 43.6 Å². The normalized spacial score (nSPS) is 23.1. The summed E-state index contributed by atoms with van der Waals surface area (Å²) in [5.74, 6) is 1.76. The highest BCUT2D eigenvalue weighted by Crippen LogP contribution is 2.57. The molecule has 0 bridgehead atoms. The number of carbonyl (C=O) groups is 1. The molecule has 2 saturated carbocycles. The van der Waals surface area contributed by atoms with Crippen molar-refractivity contribution >= 4 is 17.5 Å². The third kappa shape index (κ3) is 2.62. The zero-order valence-electron chi connectivity index (χ0n) is 15.8. The maximum absolute atomic E-state index is 13.4. The van der Waals surface area contributed by atoms with Crippen LogP contribution in [-0.4, -0.2) is 25.7 Å². The highest BCUT2D eigenvalue weighted by Gasteiger charge is 2.51. The standard InChI is InChI=1S/C22H20ClN5O/c23-15-2-3-18(25-12-15)28-20-16-10-13(16)11-17(20)19(27-28)21(29)26-22(6-1-7-22)14-4-8-24-9-5-14/h2-5,8-9,12-13,16H,1,6-7,10-11H2,(H,26,29)/t13?,16-/m1/s1. The van der Waals surface area contributed by atoms with E-state index in [1.165, 1.54) is 6.42 Å². The van der Waals surface area contributed by atoms with Crippen molar-refractivity contribution in [2.75, 3.05) is 0 Å². The summed E-state index contributed by atoms with van der Waals surface area (Å²) in [6.07, 6.45) is 10.3. The Morgan fingerprint density at radius 1 is 1.21 bits per heavy atom. The Labute approximate surface area is 173 Å². The van der Waals surface area contributed by atoms with Gasteiger partial charge in [-0.15, -0.1) is 0 Å². The van der Waals surface area contributed by atoms with Crippen LogP contribution in [0.15, 0.2) is 42.9 Å². The fourth-order valence-electron chi connectivity index (χ4n) is 4.93. The largest absolute Gasteiger partial charge is 0.341 e. The van der Waals surface area contributed by atoms with Crippen LogP contribution in [0, 0.1) is 5.92 Å². The van der Waals surface area contributed by atoms with E-state index < -0.39 is 0 Å². The van der Waals surface area contributed by atoms with Crippen LogP contribution >= 0.6 is 11.6 Å². The second-order valence-corrected chi connectivity index (χ2v) is 8.83. The van der Waals surface area contributed by atoms with Gasteiger partial charge in [-0.05, 0) is 67.9 Å². The molecule has 29 heavy (non-hydrogen) atoms. The van der Waals surface area contributed by atoms with E-state index in [4.69, 9.17) is 16.7 Å². The molecular weight excluding hydrogens is 386 g/mol. The minimum atomic E-state index is -0.309. The Morgan fingerprint density at radius 3 is 2.72 bits per heavy atom. The number of fused-ring (bicyclic) bond motifs is 3. The van der Waals surface area contributed by atoms with Crippen LogP contribution in [0.1, 0.15) is 58.9 Å². The van der Waals surface area contributed by atoms with E-state index >= 15 is 0 Å². The molecular formula is C22H20ClN5O. The molecule has 6 rings (SSSR count). The molecule has 6 nitrogen and oxygen atoms in total. The highest BCUT2D eigenvalue weighted by atomic mass is 35.5. The molecule has 7 heteroatoms. The first-order valence-corrected chi connectivity index (χ1v) is 10.5. The van der Waals surface area contributed by atoms with E-state index in [-0.39, 0.29) is 11.4 Å². The van der Waals surface area contributed by atoms with Crippen LogP contribution < -0.4 is 5.32 Å². The summed E-state index contributed by atoms with van der Waals surface area (Å²) in [6.45, 7) is 0. The van der Waals surface area contributed by atoms with Gasteiger partial charge in [0.15, 0.2) is 11.5 Å². The van der Waals surface area contributed by atoms with Gasteiger partial charge in [-0.3, -0.25) is 9.78 Å². The van der Waals surface area contributed by atoms with E-state index in [2.05, 4.69) is 15.3 Å². The molecule has 0 spiro atoms. The van der Waals surface area contributed by atoms with Gasteiger partial charge in [0.2, 0.25) is 0 Å². The number of hydrogen-bond acceptors (Lipinski definition) is 4. The zero-order valence-corrected chi connectivity index (χ0v) is 16.6. The number of nitrogens with zero attached hydrogens (tertiary/aromatic N) is 4. The minimum absolute atomic E-state index is 0.0909. The number of nitrogens with one attached hydrogen (secondary N) is 1. The Bertz CT molecular complexity index is 1100. The maximum atomic E-state index is 13.4. The molecule has 3 heterocycles. The predicted octanol–water partition coefficient (Wildman–Crippen LogP) is 3.78. The van der Waals surface area contributed by atoms with Gasteiger partial charge in [-0.1, -0.05) is 11.6 Å². The summed E-state index contributed by atoms with van der Waals surface area (Å²) in [5, 5.41) is 8.63. The number of carbonyl (C=O) groups excluding carboxylic acids is 1. The SMILES string of the molecule is O=C(NC1(c2ccncc2)CCC1)c1nn(-c2ccc(Cl)cn2)c2c1CC1C[C@@H]21. The van der Waals surface area contributed by atoms with Crippen molar-refractivity contribution in [3.05, 3.63) is 70.4 Å². The van der Waals surface area contributed by atoms with Crippen molar-refractivity contribution in [3.63, 3.8) is 0 Å². The molecule has 1 amide bonds. The first-order chi connectivity index (χ1) is 14.1. The molecule has 0 aromatic carbocycles. The third-order valence-corrected chi connectivity index (χ3v) is 6.92. The van der Waals surface area contributed by atoms with Gasteiger partial charge in [0, 0.05) is 30.1 Å². The first kappa shape index (κ1) is 17.2. The van der Waals surface area contributed by atoms with Crippen molar-refractivity contribution in [2.24, 2.45) is 5.92 Å². The lowest BCUT2D eigenvalue weighted by atomic mass is 9.72. The summed E-state index contributed by atoms with van der Waals surface area (Å²) in [6, 6.07) is 7.66. The Balaban J connectivity index is 1.37. The molecule has 2 fully saturated rings. The van der Waals surface area contributed by atoms with Gasteiger partial charge in [0.1, 0.15) is 0 Å². The topological polar surface area (TPSA) is 72.7 Å². The average Bonchev–Trinajstić information content (AvgIpc) is 3.21. The number of rotatable bonds is 4. The van der Waals surface area contributed by atoms with Crippen molar-refractivity contribution in [3.8, 4) is 5.82 Å². The second-order valence-electron chi connectivity index (χ2n) is 8.39. The second kappa shape index (κ2) is 6.13. The minimum Gasteiger partial charge on any atom is -0.341 e. The lowest BCUT2D eigenvalue weighted by molar-refractivity contribution is 0.0816. The van der Waals surface area contributed by atoms with Gasteiger partial charge in [0.25, 0.3) is 5.91 Å². The van der Waals surface area contributed by atoms with Crippen molar-refractivity contribution in [1.82, 2.24) is 25.1 Å². The lowest BCUT2D eigenvalue weighted by Crippen LogP contribution is -2.51. The molecule has 1 N–H and O–H groups in total. The van der Waals surface area contributed by atoms with Crippen LogP contribution in [0.2, 0.25) is 5.02 Å². The van der Waals surface area contributed by atoms with Crippen molar-refractivity contribution in [1.29, 1.82) is 0 Å². The Hall–Kier alpha value is -2.73. The van der Waals surface area contributed by atoms with E-state index in [1.807, 2.05) is 28.9 Å². The summed E-state index contributed by atoms with van der Waals surface area (Å²) in [7, 11) is 0. The number of aromatic nitrogens is 4. The highest BCUT2D eigenvalue weighted by molar-refractivity contribution is 6.30.